The maximum Gasteiger partial charge on any atom is 0.212 e. The van der Waals surface area contributed by atoms with Crippen molar-refractivity contribution in [1.29, 1.82) is 0 Å². The van der Waals surface area contributed by atoms with Crippen molar-refractivity contribution in [2.24, 2.45) is 0 Å². The highest BCUT2D eigenvalue weighted by molar-refractivity contribution is 7.89. The lowest BCUT2D eigenvalue weighted by Crippen LogP contribution is -2.33. The molecule has 0 aliphatic heterocycles. The van der Waals surface area contributed by atoms with E-state index in [0.29, 0.717) is 19.6 Å². The summed E-state index contributed by atoms with van der Waals surface area (Å²) >= 11 is 0. The first kappa shape index (κ1) is 13.1. The van der Waals surface area contributed by atoms with Crippen molar-refractivity contribution in [2.45, 2.75) is 13.5 Å². The summed E-state index contributed by atoms with van der Waals surface area (Å²) in [5.41, 5.74) is 1.07. The van der Waals surface area contributed by atoms with Gasteiger partial charge in [-0.2, -0.15) is 5.10 Å². The van der Waals surface area contributed by atoms with Crippen molar-refractivity contribution < 1.29 is 8.42 Å². The molecule has 6 nitrogen and oxygen atoms in total. The fourth-order valence-electron chi connectivity index (χ4n) is 1.21. The average molecular weight is 246 g/mol. The highest BCUT2D eigenvalue weighted by Crippen LogP contribution is 1.93. The van der Waals surface area contributed by atoms with Crippen LogP contribution in [-0.2, 0) is 16.6 Å². The summed E-state index contributed by atoms with van der Waals surface area (Å²) in [5, 5.41) is 6.87. The number of aromatic nitrogens is 2. The summed E-state index contributed by atoms with van der Waals surface area (Å²) in [6.45, 7) is 3.32. The highest BCUT2D eigenvalue weighted by Gasteiger charge is 2.07. The predicted octanol–water partition coefficient (Wildman–Crippen LogP) is -0.670. The van der Waals surface area contributed by atoms with Crippen molar-refractivity contribution in [2.75, 3.05) is 25.9 Å². The standard InChI is InChI=1S/C9H18N4O2S/c1-9-7-11-13(8-9)5-3-12-16(14,15)6-4-10-2/h7-8,10,12H,3-6H2,1-2H3. The van der Waals surface area contributed by atoms with Gasteiger partial charge in [0.1, 0.15) is 0 Å². The average Bonchev–Trinajstić information content (AvgIpc) is 2.61. The smallest absolute Gasteiger partial charge is 0.212 e. The summed E-state index contributed by atoms with van der Waals surface area (Å²) in [7, 11) is -1.44. The Kier molecular flexibility index (Phi) is 4.91. The maximum atomic E-state index is 11.4. The van der Waals surface area contributed by atoms with Crippen LogP contribution in [0.25, 0.3) is 0 Å². The molecule has 0 atom stereocenters. The van der Waals surface area contributed by atoms with Gasteiger partial charge in [0, 0.05) is 19.3 Å². The van der Waals surface area contributed by atoms with Gasteiger partial charge in [0.15, 0.2) is 0 Å². The molecule has 92 valence electrons. The first-order valence-corrected chi connectivity index (χ1v) is 6.80. The molecular formula is C9H18N4O2S. The second kappa shape index (κ2) is 5.97. The zero-order valence-corrected chi connectivity index (χ0v) is 10.4. The molecule has 0 aliphatic carbocycles. The summed E-state index contributed by atoms with van der Waals surface area (Å²) in [6, 6.07) is 0. The fourth-order valence-corrected chi connectivity index (χ4v) is 2.23. The van der Waals surface area contributed by atoms with Crippen LogP contribution in [0.3, 0.4) is 0 Å². The maximum absolute atomic E-state index is 11.4. The van der Waals surface area contributed by atoms with E-state index in [4.69, 9.17) is 0 Å². The molecule has 1 aromatic heterocycles. The van der Waals surface area contributed by atoms with Gasteiger partial charge in [-0.3, -0.25) is 4.68 Å². The third-order valence-corrected chi connectivity index (χ3v) is 3.43. The van der Waals surface area contributed by atoms with Crippen molar-refractivity contribution in [1.82, 2.24) is 19.8 Å². The molecule has 0 saturated carbocycles. The normalized spacial score (nSPS) is 11.9. The van der Waals surface area contributed by atoms with Gasteiger partial charge in [0.25, 0.3) is 0 Å². The van der Waals surface area contributed by atoms with Gasteiger partial charge >= 0.3 is 0 Å². The molecule has 7 heteroatoms. The number of rotatable bonds is 7. The molecule has 1 aromatic rings. The van der Waals surface area contributed by atoms with Crippen LogP contribution in [0, 0.1) is 6.92 Å². The molecule has 1 heterocycles. The predicted molar refractivity (Wildman–Crippen MR) is 62.7 cm³/mol. The quantitative estimate of drug-likeness (QED) is 0.669. The zero-order valence-electron chi connectivity index (χ0n) is 9.60. The Balaban J connectivity index is 2.29. The lowest BCUT2D eigenvalue weighted by atomic mass is 10.4. The topological polar surface area (TPSA) is 76.0 Å². The minimum absolute atomic E-state index is 0.0988. The second-order valence-electron chi connectivity index (χ2n) is 3.60. The Hall–Kier alpha value is -0.920. The van der Waals surface area contributed by atoms with Crippen LogP contribution >= 0.6 is 0 Å². The first-order valence-electron chi connectivity index (χ1n) is 5.14. The molecule has 1 rings (SSSR count). The minimum Gasteiger partial charge on any atom is -0.319 e. The molecular weight excluding hydrogens is 228 g/mol. The Labute approximate surface area is 96.1 Å². The first-order chi connectivity index (χ1) is 7.53. The van der Waals surface area contributed by atoms with E-state index in [1.807, 2.05) is 13.1 Å². The van der Waals surface area contributed by atoms with Crippen LogP contribution in [0.15, 0.2) is 12.4 Å². The van der Waals surface area contributed by atoms with Crippen LogP contribution in [0.5, 0.6) is 0 Å². The van der Waals surface area contributed by atoms with Gasteiger partial charge < -0.3 is 5.32 Å². The molecule has 0 aliphatic rings. The van der Waals surface area contributed by atoms with Crippen LogP contribution in [0.1, 0.15) is 5.56 Å². The molecule has 0 unspecified atom stereocenters. The van der Waals surface area contributed by atoms with E-state index in [1.54, 1.807) is 17.9 Å². The van der Waals surface area contributed by atoms with Gasteiger partial charge in [0.2, 0.25) is 10.0 Å². The van der Waals surface area contributed by atoms with Crippen molar-refractivity contribution in [3.05, 3.63) is 18.0 Å². The number of sulfonamides is 1. The van der Waals surface area contributed by atoms with E-state index in [-0.39, 0.29) is 5.75 Å². The van der Waals surface area contributed by atoms with Gasteiger partial charge in [-0.25, -0.2) is 13.1 Å². The second-order valence-corrected chi connectivity index (χ2v) is 5.52. The largest absolute Gasteiger partial charge is 0.319 e. The lowest BCUT2D eigenvalue weighted by Gasteiger charge is -2.06. The van der Waals surface area contributed by atoms with Gasteiger partial charge in [-0.05, 0) is 19.5 Å². The number of aryl methyl sites for hydroxylation is 1. The molecule has 0 radical (unpaired) electrons. The van der Waals surface area contributed by atoms with E-state index in [9.17, 15) is 8.42 Å². The molecule has 0 bridgehead atoms. The summed E-state index contributed by atoms with van der Waals surface area (Å²) < 4.78 is 27.0. The van der Waals surface area contributed by atoms with Crippen molar-refractivity contribution >= 4 is 10.0 Å². The Morgan fingerprint density at radius 3 is 2.75 bits per heavy atom. The van der Waals surface area contributed by atoms with Gasteiger partial charge in [-0.1, -0.05) is 0 Å². The molecule has 0 fully saturated rings. The number of nitrogens with zero attached hydrogens (tertiary/aromatic N) is 2. The molecule has 0 aromatic carbocycles. The molecule has 0 spiro atoms. The number of nitrogens with one attached hydrogen (secondary N) is 2. The van der Waals surface area contributed by atoms with Gasteiger partial charge in [-0.15, -0.1) is 0 Å². The highest BCUT2D eigenvalue weighted by atomic mass is 32.2. The summed E-state index contributed by atoms with van der Waals surface area (Å²) in [4.78, 5) is 0. The van der Waals surface area contributed by atoms with E-state index < -0.39 is 10.0 Å². The zero-order chi connectivity index (χ0) is 12.0. The van der Waals surface area contributed by atoms with E-state index in [0.717, 1.165) is 5.56 Å². The summed E-state index contributed by atoms with van der Waals surface area (Å²) in [5.74, 6) is 0.0988. The van der Waals surface area contributed by atoms with E-state index in [2.05, 4.69) is 15.1 Å². The van der Waals surface area contributed by atoms with Crippen molar-refractivity contribution in [3.63, 3.8) is 0 Å². The Morgan fingerprint density at radius 2 is 2.19 bits per heavy atom. The SMILES string of the molecule is CNCCS(=O)(=O)NCCn1cc(C)cn1. The van der Waals surface area contributed by atoms with Crippen LogP contribution < -0.4 is 10.0 Å². The number of hydrogen-bond acceptors (Lipinski definition) is 4. The monoisotopic (exact) mass is 246 g/mol. The van der Waals surface area contributed by atoms with E-state index >= 15 is 0 Å². The van der Waals surface area contributed by atoms with E-state index in [1.165, 1.54) is 0 Å². The molecule has 0 saturated heterocycles. The molecule has 16 heavy (non-hydrogen) atoms. The molecule has 2 N–H and O–H groups in total. The third-order valence-electron chi connectivity index (χ3n) is 2.05. The Bertz CT molecular complexity index is 413. The third kappa shape index (κ3) is 4.73. The van der Waals surface area contributed by atoms with Crippen LogP contribution in [0.2, 0.25) is 0 Å². The van der Waals surface area contributed by atoms with Crippen LogP contribution in [-0.4, -0.2) is 44.1 Å². The number of hydrogen-bond donors (Lipinski definition) is 2. The van der Waals surface area contributed by atoms with Gasteiger partial charge in [0.05, 0.1) is 18.5 Å². The van der Waals surface area contributed by atoms with Crippen molar-refractivity contribution in [3.8, 4) is 0 Å². The fraction of sp³-hybridized carbons (Fsp3) is 0.667. The summed E-state index contributed by atoms with van der Waals surface area (Å²) in [6.07, 6.45) is 3.62. The Morgan fingerprint density at radius 1 is 1.44 bits per heavy atom. The van der Waals surface area contributed by atoms with Crippen LogP contribution in [0.4, 0.5) is 0 Å². The minimum atomic E-state index is -3.16. The molecule has 0 amide bonds. The lowest BCUT2D eigenvalue weighted by molar-refractivity contribution is 0.559.